The molecule has 0 saturated carbocycles. The van der Waals surface area contributed by atoms with Crippen LogP contribution in [-0.2, 0) is 9.53 Å². The average Bonchev–Trinajstić information content (AvgIpc) is 2.28. The standard InChI is InChI=1S/C11H9ClO4/c1-16-11(15)8-5-3-2-4-7(8)6-9(13)10(12)14/h2-6,13H,1H3. The summed E-state index contributed by atoms with van der Waals surface area (Å²) in [6.45, 7) is 0. The Kier molecular flexibility index (Phi) is 4.08. The van der Waals surface area contributed by atoms with Gasteiger partial charge in [-0.05, 0) is 29.3 Å². The van der Waals surface area contributed by atoms with Gasteiger partial charge in [-0.3, -0.25) is 4.79 Å². The van der Waals surface area contributed by atoms with Crippen LogP contribution in [0.15, 0.2) is 30.0 Å². The van der Waals surface area contributed by atoms with E-state index in [4.69, 9.17) is 11.6 Å². The fourth-order valence-corrected chi connectivity index (χ4v) is 1.18. The summed E-state index contributed by atoms with van der Waals surface area (Å²) in [7, 11) is 1.25. The molecule has 0 radical (unpaired) electrons. The molecular formula is C11H9ClO4. The van der Waals surface area contributed by atoms with Crippen LogP contribution >= 0.6 is 11.6 Å². The summed E-state index contributed by atoms with van der Waals surface area (Å²) in [6.07, 6.45) is 1.11. The number of methoxy groups -OCH3 is 1. The summed E-state index contributed by atoms with van der Waals surface area (Å²) in [5, 5.41) is 8.20. The van der Waals surface area contributed by atoms with Crippen LogP contribution in [0, 0.1) is 0 Å². The highest BCUT2D eigenvalue weighted by atomic mass is 35.5. The van der Waals surface area contributed by atoms with Crippen LogP contribution < -0.4 is 0 Å². The second-order valence-electron chi connectivity index (χ2n) is 2.88. The Labute approximate surface area is 97.1 Å². The van der Waals surface area contributed by atoms with Gasteiger partial charge in [0.05, 0.1) is 12.7 Å². The largest absolute Gasteiger partial charge is 0.503 e. The monoisotopic (exact) mass is 240 g/mol. The molecule has 1 aromatic carbocycles. The van der Waals surface area contributed by atoms with Gasteiger partial charge in [-0.1, -0.05) is 18.2 Å². The molecule has 0 aliphatic carbocycles. The molecule has 0 unspecified atom stereocenters. The quantitative estimate of drug-likeness (QED) is 0.381. The highest BCUT2D eigenvalue weighted by molar-refractivity contribution is 6.67. The molecule has 0 aliphatic heterocycles. The number of carbonyl (C=O) groups excluding carboxylic acids is 2. The van der Waals surface area contributed by atoms with Crippen LogP contribution in [0.2, 0.25) is 0 Å². The Bertz CT molecular complexity index is 451. The van der Waals surface area contributed by atoms with Crippen molar-refractivity contribution in [2.24, 2.45) is 0 Å². The summed E-state index contributed by atoms with van der Waals surface area (Å²) in [4.78, 5) is 22.0. The maximum atomic E-state index is 11.3. The van der Waals surface area contributed by atoms with Crippen LogP contribution in [0.5, 0.6) is 0 Å². The maximum absolute atomic E-state index is 11.3. The highest BCUT2D eigenvalue weighted by Gasteiger charge is 2.11. The first kappa shape index (κ1) is 12.3. The van der Waals surface area contributed by atoms with Crippen molar-refractivity contribution in [1.29, 1.82) is 0 Å². The van der Waals surface area contributed by atoms with E-state index in [0.717, 1.165) is 6.08 Å². The van der Waals surface area contributed by atoms with Crippen LogP contribution in [0.4, 0.5) is 0 Å². The highest BCUT2D eigenvalue weighted by Crippen LogP contribution is 2.14. The van der Waals surface area contributed by atoms with Gasteiger partial charge in [0.25, 0.3) is 5.24 Å². The molecule has 0 fully saturated rings. The van der Waals surface area contributed by atoms with Gasteiger partial charge in [0.15, 0.2) is 5.76 Å². The van der Waals surface area contributed by atoms with Gasteiger partial charge in [0, 0.05) is 0 Å². The number of rotatable bonds is 3. The van der Waals surface area contributed by atoms with Gasteiger partial charge in [0.1, 0.15) is 0 Å². The number of hydrogen-bond donors (Lipinski definition) is 1. The van der Waals surface area contributed by atoms with Crippen molar-refractivity contribution in [2.45, 2.75) is 0 Å². The predicted octanol–water partition coefficient (Wildman–Crippen LogP) is 2.14. The first-order chi connectivity index (χ1) is 7.56. The van der Waals surface area contributed by atoms with Crippen molar-refractivity contribution in [1.82, 2.24) is 0 Å². The molecule has 0 aromatic heterocycles. The van der Waals surface area contributed by atoms with E-state index in [9.17, 15) is 14.7 Å². The number of esters is 1. The van der Waals surface area contributed by atoms with Crippen molar-refractivity contribution in [3.05, 3.63) is 41.2 Å². The lowest BCUT2D eigenvalue weighted by Crippen LogP contribution is -2.04. The maximum Gasteiger partial charge on any atom is 0.338 e. The van der Waals surface area contributed by atoms with E-state index in [1.807, 2.05) is 0 Å². The van der Waals surface area contributed by atoms with E-state index in [1.54, 1.807) is 18.2 Å². The van der Waals surface area contributed by atoms with Gasteiger partial charge in [-0.15, -0.1) is 0 Å². The lowest BCUT2D eigenvalue weighted by Gasteiger charge is -2.03. The lowest BCUT2D eigenvalue weighted by molar-refractivity contribution is -0.110. The molecule has 0 amide bonds. The Balaban J connectivity index is 3.19. The molecule has 4 nitrogen and oxygen atoms in total. The molecule has 0 aliphatic rings. The normalized spacial score (nSPS) is 11.0. The summed E-state index contributed by atoms with van der Waals surface area (Å²) in [5.41, 5.74) is 0.607. The van der Waals surface area contributed by atoms with Crippen LogP contribution in [0.25, 0.3) is 6.08 Å². The van der Waals surface area contributed by atoms with Crippen LogP contribution in [0.3, 0.4) is 0 Å². The van der Waals surface area contributed by atoms with E-state index in [2.05, 4.69) is 4.74 Å². The van der Waals surface area contributed by atoms with Gasteiger partial charge in [0.2, 0.25) is 0 Å². The zero-order valence-electron chi connectivity index (χ0n) is 8.44. The van der Waals surface area contributed by atoms with E-state index < -0.39 is 17.0 Å². The van der Waals surface area contributed by atoms with E-state index in [0.29, 0.717) is 5.56 Å². The molecule has 0 spiro atoms. The number of carbonyl (C=O) groups is 2. The molecule has 16 heavy (non-hydrogen) atoms. The first-order valence-electron chi connectivity index (χ1n) is 4.34. The third-order valence-corrected chi connectivity index (χ3v) is 2.05. The van der Waals surface area contributed by atoms with Crippen molar-refractivity contribution >= 4 is 28.9 Å². The number of aliphatic hydroxyl groups excluding tert-OH is 1. The fraction of sp³-hybridized carbons (Fsp3) is 0.0909. The second-order valence-corrected chi connectivity index (χ2v) is 3.23. The predicted molar refractivity (Wildman–Crippen MR) is 59.2 cm³/mol. The van der Waals surface area contributed by atoms with E-state index in [1.165, 1.54) is 13.2 Å². The SMILES string of the molecule is COC(=O)c1ccccc1C=C(O)C(=O)Cl. The molecule has 5 heteroatoms. The molecule has 84 valence electrons. The zero-order valence-corrected chi connectivity index (χ0v) is 9.19. The van der Waals surface area contributed by atoms with Gasteiger partial charge < -0.3 is 9.84 Å². The molecule has 0 saturated heterocycles. The minimum atomic E-state index is -0.986. The van der Waals surface area contributed by atoms with Crippen molar-refractivity contribution < 1.29 is 19.4 Å². The third kappa shape index (κ3) is 2.84. The number of allylic oxidation sites excluding steroid dienone is 1. The Morgan fingerprint density at radius 2 is 2.00 bits per heavy atom. The van der Waals surface area contributed by atoms with Crippen molar-refractivity contribution in [3.63, 3.8) is 0 Å². The molecule has 1 aromatic rings. The average molecular weight is 241 g/mol. The Morgan fingerprint density at radius 3 is 2.56 bits per heavy atom. The number of benzene rings is 1. The van der Waals surface area contributed by atoms with Crippen LogP contribution in [0.1, 0.15) is 15.9 Å². The topological polar surface area (TPSA) is 63.6 Å². The second kappa shape index (κ2) is 5.32. The first-order valence-corrected chi connectivity index (χ1v) is 4.72. The third-order valence-electron chi connectivity index (χ3n) is 1.86. The van der Waals surface area contributed by atoms with E-state index >= 15 is 0 Å². The van der Waals surface area contributed by atoms with Gasteiger partial charge in [-0.2, -0.15) is 0 Å². The smallest absolute Gasteiger partial charge is 0.338 e. The molecular weight excluding hydrogens is 232 g/mol. The van der Waals surface area contributed by atoms with Crippen LogP contribution in [-0.4, -0.2) is 23.4 Å². The number of aliphatic hydroxyl groups is 1. The minimum absolute atomic E-state index is 0.245. The molecule has 0 atom stereocenters. The summed E-state index contributed by atoms with van der Waals surface area (Å²) < 4.78 is 4.55. The molecule has 1 N–H and O–H groups in total. The van der Waals surface area contributed by atoms with Crippen molar-refractivity contribution in [2.75, 3.05) is 7.11 Å². The summed E-state index contributed by atoms with van der Waals surface area (Å²) in [5.74, 6) is -1.18. The number of hydrogen-bond acceptors (Lipinski definition) is 4. The Morgan fingerprint density at radius 1 is 1.38 bits per heavy atom. The van der Waals surface area contributed by atoms with Gasteiger partial charge in [-0.25, -0.2) is 4.79 Å². The minimum Gasteiger partial charge on any atom is -0.503 e. The molecule has 1 rings (SSSR count). The Hall–Kier alpha value is -1.81. The van der Waals surface area contributed by atoms with Crippen molar-refractivity contribution in [3.8, 4) is 0 Å². The summed E-state index contributed by atoms with van der Waals surface area (Å²) >= 11 is 5.07. The molecule has 0 heterocycles. The summed E-state index contributed by atoms with van der Waals surface area (Å²) in [6, 6.07) is 6.37. The lowest BCUT2D eigenvalue weighted by atomic mass is 10.1. The molecule has 0 bridgehead atoms. The number of halogens is 1. The zero-order chi connectivity index (χ0) is 12.1. The number of ether oxygens (including phenoxy) is 1. The van der Waals surface area contributed by atoms with E-state index in [-0.39, 0.29) is 5.56 Å². The van der Waals surface area contributed by atoms with Gasteiger partial charge >= 0.3 is 5.97 Å². The fourth-order valence-electron chi connectivity index (χ4n) is 1.12.